The first-order valence-electron chi connectivity index (χ1n) is 10.5. The highest BCUT2D eigenvalue weighted by atomic mass is 19.4. The second kappa shape index (κ2) is 7.73. The maximum Gasteiger partial charge on any atom is 0.416 e. The molecule has 0 saturated heterocycles. The van der Waals surface area contributed by atoms with Crippen molar-refractivity contribution in [1.82, 2.24) is 0 Å². The average Bonchev–Trinajstić information content (AvgIpc) is 2.93. The molecule has 0 aliphatic carbocycles. The summed E-state index contributed by atoms with van der Waals surface area (Å²) in [5.41, 5.74) is 3.28. The highest BCUT2D eigenvalue weighted by Crippen LogP contribution is 2.48. The number of aliphatic imine (C=N–C) groups is 2. The standard InChI is InChI=1S/C27H25F3N2/c1-25(2)23(20-12-10-19(11-13-20)18-8-6-5-7-9-18)32-24(26(25,3)4)31-22-16-14-21(15-17-22)27(28,29)30/h5-17H,1-4H3. The van der Waals surface area contributed by atoms with Gasteiger partial charge in [0.25, 0.3) is 0 Å². The van der Waals surface area contributed by atoms with E-state index in [1.165, 1.54) is 12.1 Å². The van der Waals surface area contributed by atoms with E-state index < -0.39 is 17.2 Å². The molecule has 0 saturated carbocycles. The Hall–Kier alpha value is -3.21. The predicted octanol–water partition coefficient (Wildman–Crippen LogP) is 7.96. The molecule has 164 valence electrons. The molecule has 0 unspecified atom stereocenters. The molecule has 32 heavy (non-hydrogen) atoms. The van der Waals surface area contributed by atoms with Crippen molar-refractivity contribution in [3.05, 3.63) is 90.0 Å². The molecule has 0 aromatic heterocycles. The summed E-state index contributed by atoms with van der Waals surface area (Å²) < 4.78 is 38.6. The summed E-state index contributed by atoms with van der Waals surface area (Å²) in [6, 6.07) is 23.4. The number of rotatable bonds is 3. The number of amidine groups is 1. The molecule has 5 heteroatoms. The van der Waals surface area contributed by atoms with E-state index in [1.807, 2.05) is 18.2 Å². The maximum absolute atomic E-state index is 12.9. The van der Waals surface area contributed by atoms with Gasteiger partial charge in [-0.2, -0.15) is 13.2 Å². The molecule has 4 rings (SSSR count). The van der Waals surface area contributed by atoms with Crippen molar-refractivity contribution in [2.45, 2.75) is 33.9 Å². The van der Waals surface area contributed by atoms with E-state index in [4.69, 9.17) is 4.99 Å². The molecule has 3 aromatic carbocycles. The van der Waals surface area contributed by atoms with Gasteiger partial charge in [-0.1, -0.05) is 82.3 Å². The number of halogens is 3. The van der Waals surface area contributed by atoms with Crippen molar-refractivity contribution < 1.29 is 13.2 Å². The lowest BCUT2D eigenvalue weighted by molar-refractivity contribution is -0.137. The lowest BCUT2D eigenvalue weighted by atomic mass is 9.65. The van der Waals surface area contributed by atoms with Crippen LogP contribution < -0.4 is 0 Å². The van der Waals surface area contributed by atoms with Crippen LogP contribution in [0.25, 0.3) is 11.1 Å². The number of nitrogens with zero attached hydrogens (tertiary/aromatic N) is 2. The zero-order valence-corrected chi connectivity index (χ0v) is 18.5. The molecular formula is C27H25F3N2. The summed E-state index contributed by atoms with van der Waals surface area (Å²) in [4.78, 5) is 9.51. The molecule has 0 radical (unpaired) electrons. The Balaban J connectivity index is 1.70. The summed E-state index contributed by atoms with van der Waals surface area (Å²) in [7, 11) is 0. The summed E-state index contributed by atoms with van der Waals surface area (Å²) in [6.45, 7) is 8.41. The van der Waals surface area contributed by atoms with Crippen molar-refractivity contribution in [1.29, 1.82) is 0 Å². The first-order valence-corrected chi connectivity index (χ1v) is 10.5. The molecule has 0 amide bonds. The van der Waals surface area contributed by atoms with Gasteiger partial charge < -0.3 is 0 Å². The van der Waals surface area contributed by atoms with Gasteiger partial charge in [0.1, 0.15) is 5.84 Å². The minimum absolute atomic E-state index is 0.313. The van der Waals surface area contributed by atoms with E-state index in [-0.39, 0.29) is 5.41 Å². The SMILES string of the molecule is CC1(C)C(=Nc2ccc(C(F)(F)F)cc2)N=C(c2ccc(-c3ccccc3)cc2)C1(C)C. The smallest absolute Gasteiger partial charge is 0.236 e. The molecule has 2 nitrogen and oxygen atoms in total. The Morgan fingerprint density at radius 3 is 1.75 bits per heavy atom. The van der Waals surface area contributed by atoms with E-state index in [2.05, 4.69) is 69.1 Å². The fourth-order valence-corrected chi connectivity index (χ4v) is 3.85. The fourth-order valence-electron chi connectivity index (χ4n) is 3.85. The lowest BCUT2D eigenvalue weighted by Crippen LogP contribution is -2.38. The van der Waals surface area contributed by atoms with Gasteiger partial charge in [-0.3, -0.25) is 0 Å². The van der Waals surface area contributed by atoms with Crippen LogP contribution in [0.5, 0.6) is 0 Å². The van der Waals surface area contributed by atoms with Crippen LogP contribution in [0.2, 0.25) is 0 Å². The van der Waals surface area contributed by atoms with Crippen molar-refractivity contribution in [2.75, 3.05) is 0 Å². The average molecular weight is 435 g/mol. The molecule has 0 fully saturated rings. The molecule has 1 aliphatic heterocycles. The number of hydrogen-bond donors (Lipinski definition) is 0. The molecule has 0 spiro atoms. The molecule has 1 aliphatic rings. The van der Waals surface area contributed by atoms with Crippen LogP contribution in [0, 0.1) is 10.8 Å². The number of hydrogen-bond acceptors (Lipinski definition) is 1. The fraction of sp³-hybridized carbons (Fsp3) is 0.259. The Morgan fingerprint density at radius 1 is 0.656 bits per heavy atom. The Morgan fingerprint density at radius 2 is 1.19 bits per heavy atom. The van der Waals surface area contributed by atoms with E-state index in [0.29, 0.717) is 11.5 Å². The van der Waals surface area contributed by atoms with Gasteiger partial charge in [0.05, 0.1) is 17.0 Å². The Labute approximate surface area is 186 Å². The first-order chi connectivity index (χ1) is 15.0. The first kappa shape index (κ1) is 22.0. The monoisotopic (exact) mass is 434 g/mol. The van der Waals surface area contributed by atoms with E-state index in [0.717, 1.165) is 34.5 Å². The van der Waals surface area contributed by atoms with Crippen LogP contribution in [-0.2, 0) is 6.18 Å². The van der Waals surface area contributed by atoms with Gasteiger partial charge in [-0.05, 0) is 41.0 Å². The second-order valence-corrected chi connectivity index (χ2v) is 9.13. The topological polar surface area (TPSA) is 24.7 Å². The maximum atomic E-state index is 12.9. The summed E-state index contributed by atoms with van der Waals surface area (Å²) in [5.74, 6) is 0.615. The summed E-state index contributed by atoms with van der Waals surface area (Å²) in [6.07, 6.45) is -4.36. The van der Waals surface area contributed by atoms with Crippen LogP contribution >= 0.6 is 0 Å². The van der Waals surface area contributed by atoms with Gasteiger partial charge in [0.15, 0.2) is 0 Å². The van der Waals surface area contributed by atoms with Crippen LogP contribution in [0.1, 0.15) is 38.8 Å². The minimum atomic E-state index is -4.36. The zero-order chi connectivity index (χ0) is 23.1. The number of benzene rings is 3. The van der Waals surface area contributed by atoms with E-state index in [9.17, 15) is 13.2 Å². The Kier molecular flexibility index (Phi) is 5.32. The third kappa shape index (κ3) is 3.88. The lowest BCUT2D eigenvalue weighted by Gasteiger charge is -2.35. The van der Waals surface area contributed by atoms with Crippen LogP contribution in [0.15, 0.2) is 88.8 Å². The van der Waals surface area contributed by atoms with Crippen molar-refractivity contribution in [2.24, 2.45) is 20.8 Å². The molecule has 1 heterocycles. The second-order valence-electron chi connectivity index (χ2n) is 9.13. The predicted molar refractivity (Wildman–Crippen MR) is 125 cm³/mol. The zero-order valence-electron chi connectivity index (χ0n) is 18.5. The highest BCUT2D eigenvalue weighted by Gasteiger charge is 2.50. The molecular weight excluding hydrogens is 409 g/mol. The van der Waals surface area contributed by atoms with Gasteiger partial charge in [0.2, 0.25) is 0 Å². The highest BCUT2D eigenvalue weighted by molar-refractivity contribution is 6.18. The molecule has 0 bridgehead atoms. The van der Waals surface area contributed by atoms with E-state index in [1.54, 1.807) is 0 Å². The third-order valence-electron chi connectivity index (χ3n) is 6.63. The van der Waals surface area contributed by atoms with Crippen LogP contribution in [0.4, 0.5) is 18.9 Å². The summed E-state index contributed by atoms with van der Waals surface area (Å²) in [5, 5.41) is 0. The van der Waals surface area contributed by atoms with Crippen molar-refractivity contribution in [3.8, 4) is 11.1 Å². The van der Waals surface area contributed by atoms with Crippen LogP contribution in [-0.4, -0.2) is 11.5 Å². The minimum Gasteiger partial charge on any atom is -0.236 e. The van der Waals surface area contributed by atoms with Gasteiger partial charge >= 0.3 is 6.18 Å². The quantitative estimate of drug-likeness (QED) is 0.399. The summed E-state index contributed by atoms with van der Waals surface area (Å²) >= 11 is 0. The van der Waals surface area contributed by atoms with Gasteiger partial charge in [0, 0.05) is 10.8 Å². The largest absolute Gasteiger partial charge is 0.416 e. The van der Waals surface area contributed by atoms with E-state index >= 15 is 0 Å². The van der Waals surface area contributed by atoms with Gasteiger partial charge in [-0.25, -0.2) is 9.98 Å². The number of alkyl halides is 3. The van der Waals surface area contributed by atoms with Crippen molar-refractivity contribution >= 4 is 17.2 Å². The van der Waals surface area contributed by atoms with Crippen molar-refractivity contribution in [3.63, 3.8) is 0 Å². The molecule has 0 N–H and O–H groups in total. The van der Waals surface area contributed by atoms with Gasteiger partial charge in [-0.15, -0.1) is 0 Å². The third-order valence-corrected chi connectivity index (χ3v) is 6.63. The molecule has 0 atom stereocenters. The Bertz CT molecular complexity index is 1170. The van der Waals surface area contributed by atoms with Crippen LogP contribution in [0.3, 0.4) is 0 Å². The molecule has 3 aromatic rings. The normalized spacial score (nSPS) is 18.6.